The van der Waals surface area contributed by atoms with Gasteiger partial charge in [0.15, 0.2) is 5.78 Å². The number of hydrogen-bond acceptors (Lipinski definition) is 4. The third-order valence-corrected chi connectivity index (χ3v) is 2.19. The zero-order chi connectivity index (χ0) is 14.3. The number of rotatable bonds is 2. The number of Topliss-reactive ketones (excluding diaryl/α,β-unsaturated/α-hetero) is 1. The number of methoxy groups -OCH3 is 1. The standard InChI is InChI=1S/C10H11NO2.C3H6O2/c1-6-5-8(7(2)12)3-4-9(6)10(11)13;1-3(4)5-2/h3-5H,1-2H3,(H2,11,13);1-2H3. The summed E-state index contributed by atoms with van der Waals surface area (Å²) in [5.74, 6) is -0.725. The van der Waals surface area contributed by atoms with E-state index in [0.717, 1.165) is 5.56 Å². The van der Waals surface area contributed by atoms with Crippen LogP contribution in [0.4, 0.5) is 0 Å². The van der Waals surface area contributed by atoms with E-state index < -0.39 is 5.91 Å². The number of carbonyl (C=O) groups is 3. The predicted molar refractivity (Wildman–Crippen MR) is 67.4 cm³/mol. The minimum atomic E-state index is -0.465. The van der Waals surface area contributed by atoms with Crippen LogP contribution >= 0.6 is 0 Å². The van der Waals surface area contributed by atoms with Gasteiger partial charge >= 0.3 is 5.97 Å². The van der Waals surface area contributed by atoms with Gasteiger partial charge in [-0.05, 0) is 31.5 Å². The highest BCUT2D eigenvalue weighted by Gasteiger charge is 2.06. The molecule has 5 heteroatoms. The van der Waals surface area contributed by atoms with Gasteiger partial charge in [0.1, 0.15) is 0 Å². The number of esters is 1. The SMILES string of the molecule is CC(=O)c1ccc(C(N)=O)c(C)c1.COC(C)=O. The van der Waals surface area contributed by atoms with Crippen molar-refractivity contribution in [1.82, 2.24) is 0 Å². The molecule has 0 aliphatic rings. The summed E-state index contributed by atoms with van der Waals surface area (Å²) in [4.78, 5) is 31.4. The highest BCUT2D eigenvalue weighted by molar-refractivity contribution is 5.98. The van der Waals surface area contributed by atoms with Crippen LogP contribution in [0.5, 0.6) is 0 Å². The number of aryl methyl sites for hydroxylation is 1. The topological polar surface area (TPSA) is 86.5 Å². The van der Waals surface area contributed by atoms with Gasteiger partial charge < -0.3 is 10.5 Å². The molecule has 2 N–H and O–H groups in total. The zero-order valence-electron chi connectivity index (χ0n) is 10.9. The van der Waals surface area contributed by atoms with Gasteiger partial charge in [-0.1, -0.05) is 6.07 Å². The van der Waals surface area contributed by atoms with E-state index in [9.17, 15) is 14.4 Å². The molecule has 0 aliphatic heterocycles. The monoisotopic (exact) mass is 251 g/mol. The van der Waals surface area contributed by atoms with E-state index in [-0.39, 0.29) is 11.8 Å². The summed E-state index contributed by atoms with van der Waals surface area (Å²) >= 11 is 0. The molecule has 98 valence electrons. The van der Waals surface area contributed by atoms with Crippen LogP contribution in [-0.2, 0) is 9.53 Å². The Morgan fingerprint density at radius 2 is 1.67 bits per heavy atom. The van der Waals surface area contributed by atoms with E-state index in [2.05, 4.69) is 4.74 Å². The summed E-state index contributed by atoms with van der Waals surface area (Å²) in [6.45, 7) is 4.60. The molecule has 0 saturated carbocycles. The summed E-state index contributed by atoms with van der Waals surface area (Å²) in [6.07, 6.45) is 0. The third-order valence-electron chi connectivity index (χ3n) is 2.19. The van der Waals surface area contributed by atoms with Crippen molar-refractivity contribution in [2.24, 2.45) is 5.73 Å². The number of ketones is 1. The Kier molecular flexibility index (Phi) is 6.34. The van der Waals surface area contributed by atoms with Gasteiger partial charge in [0.05, 0.1) is 7.11 Å². The number of carbonyl (C=O) groups excluding carboxylic acids is 3. The second-order valence-electron chi connectivity index (χ2n) is 3.65. The quantitative estimate of drug-likeness (QED) is 0.637. The first-order valence-corrected chi connectivity index (χ1v) is 5.25. The van der Waals surface area contributed by atoms with Crippen molar-refractivity contribution < 1.29 is 19.1 Å². The van der Waals surface area contributed by atoms with Crippen molar-refractivity contribution in [3.63, 3.8) is 0 Å². The molecule has 1 amide bonds. The van der Waals surface area contributed by atoms with Crippen molar-refractivity contribution in [1.29, 1.82) is 0 Å². The third kappa shape index (κ3) is 5.25. The minimum Gasteiger partial charge on any atom is -0.469 e. The first kappa shape index (κ1) is 15.8. The highest BCUT2D eigenvalue weighted by Crippen LogP contribution is 2.10. The Balaban J connectivity index is 0.000000494. The van der Waals surface area contributed by atoms with Crippen molar-refractivity contribution in [2.75, 3.05) is 7.11 Å². The van der Waals surface area contributed by atoms with Crippen LogP contribution < -0.4 is 5.73 Å². The summed E-state index contributed by atoms with van der Waals surface area (Å²) in [6, 6.07) is 4.85. The van der Waals surface area contributed by atoms with Crippen LogP contribution in [-0.4, -0.2) is 24.8 Å². The largest absolute Gasteiger partial charge is 0.469 e. The minimum absolute atomic E-state index is 0.0147. The fourth-order valence-corrected chi connectivity index (χ4v) is 1.16. The van der Waals surface area contributed by atoms with Gasteiger partial charge in [-0.15, -0.1) is 0 Å². The maximum Gasteiger partial charge on any atom is 0.302 e. The molecule has 5 nitrogen and oxygen atoms in total. The Hall–Kier alpha value is -2.17. The smallest absolute Gasteiger partial charge is 0.302 e. The molecule has 0 aliphatic carbocycles. The van der Waals surface area contributed by atoms with Gasteiger partial charge in [0.25, 0.3) is 0 Å². The van der Waals surface area contributed by atoms with E-state index in [0.29, 0.717) is 11.1 Å². The molecular formula is C13H17NO4. The normalized spacial score (nSPS) is 8.89. The first-order valence-electron chi connectivity index (χ1n) is 5.25. The lowest BCUT2D eigenvalue weighted by molar-refractivity contribution is -0.137. The molecule has 0 fully saturated rings. The second kappa shape index (κ2) is 7.21. The van der Waals surface area contributed by atoms with Crippen molar-refractivity contribution in [3.8, 4) is 0 Å². The lowest BCUT2D eigenvalue weighted by atomic mass is 10.0. The molecule has 1 aromatic rings. The second-order valence-corrected chi connectivity index (χ2v) is 3.65. The summed E-state index contributed by atoms with van der Waals surface area (Å²) in [5.41, 5.74) is 6.92. The number of primary amides is 1. The fraction of sp³-hybridized carbons (Fsp3) is 0.308. The Morgan fingerprint density at radius 1 is 1.17 bits per heavy atom. The lowest BCUT2D eigenvalue weighted by Gasteiger charge is -2.02. The average Bonchev–Trinajstić information content (AvgIpc) is 2.28. The molecule has 0 bridgehead atoms. The van der Waals surface area contributed by atoms with Gasteiger partial charge in [0, 0.05) is 18.1 Å². The van der Waals surface area contributed by atoms with E-state index >= 15 is 0 Å². The number of amides is 1. The summed E-state index contributed by atoms with van der Waals surface area (Å²) < 4.78 is 4.11. The van der Waals surface area contributed by atoms with Gasteiger partial charge in [-0.3, -0.25) is 14.4 Å². The first-order chi connectivity index (χ1) is 8.29. The number of hydrogen-bond donors (Lipinski definition) is 1. The van der Waals surface area contributed by atoms with Crippen LogP contribution in [0.25, 0.3) is 0 Å². The van der Waals surface area contributed by atoms with E-state index in [1.54, 1.807) is 25.1 Å². The molecular weight excluding hydrogens is 234 g/mol. The predicted octanol–water partition coefficient (Wildman–Crippen LogP) is 1.48. The fourth-order valence-electron chi connectivity index (χ4n) is 1.16. The van der Waals surface area contributed by atoms with Crippen molar-refractivity contribution >= 4 is 17.7 Å². The van der Waals surface area contributed by atoms with Crippen molar-refractivity contribution in [3.05, 3.63) is 34.9 Å². The average molecular weight is 251 g/mol. The lowest BCUT2D eigenvalue weighted by Crippen LogP contribution is -2.13. The van der Waals surface area contributed by atoms with Crippen LogP contribution in [0.15, 0.2) is 18.2 Å². The molecule has 18 heavy (non-hydrogen) atoms. The van der Waals surface area contributed by atoms with Crippen LogP contribution in [0.1, 0.15) is 40.1 Å². The van der Waals surface area contributed by atoms with E-state index in [1.165, 1.54) is 21.0 Å². The molecule has 0 spiro atoms. The zero-order valence-corrected chi connectivity index (χ0v) is 10.9. The van der Waals surface area contributed by atoms with E-state index in [4.69, 9.17) is 5.73 Å². The van der Waals surface area contributed by atoms with Crippen molar-refractivity contribution in [2.45, 2.75) is 20.8 Å². The van der Waals surface area contributed by atoms with Crippen LogP contribution in [0.3, 0.4) is 0 Å². The molecule has 0 heterocycles. The maximum atomic E-state index is 11.0. The Bertz CT molecular complexity index is 466. The van der Waals surface area contributed by atoms with E-state index in [1.807, 2.05) is 0 Å². The Labute approximate surface area is 106 Å². The molecule has 0 radical (unpaired) electrons. The molecule has 0 saturated heterocycles. The number of benzene rings is 1. The van der Waals surface area contributed by atoms with Crippen LogP contribution in [0, 0.1) is 6.92 Å². The molecule has 1 rings (SSSR count). The summed E-state index contributed by atoms with van der Waals surface area (Å²) in [7, 11) is 1.35. The highest BCUT2D eigenvalue weighted by atomic mass is 16.5. The Morgan fingerprint density at radius 3 is 1.94 bits per heavy atom. The van der Waals surface area contributed by atoms with Crippen LogP contribution in [0.2, 0.25) is 0 Å². The number of ether oxygens (including phenoxy) is 1. The number of nitrogens with two attached hydrogens (primary N) is 1. The maximum absolute atomic E-state index is 11.0. The molecule has 0 atom stereocenters. The molecule has 0 aromatic heterocycles. The van der Waals surface area contributed by atoms with Gasteiger partial charge in [-0.2, -0.15) is 0 Å². The van der Waals surface area contributed by atoms with Gasteiger partial charge in [-0.25, -0.2) is 0 Å². The molecule has 0 unspecified atom stereocenters. The van der Waals surface area contributed by atoms with Gasteiger partial charge in [0.2, 0.25) is 5.91 Å². The summed E-state index contributed by atoms with van der Waals surface area (Å²) in [5, 5.41) is 0. The molecule has 1 aromatic carbocycles.